The van der Waals surface area contributed by atoms with Crippen molar-refractivity contribution in [3.8, 4) is 0 Å². The molecule has 2 rings (SSSR count). The molecule has 2 fully saturated rings. The number of rotatable bonds is 3. The predicted molar refractivity (Wildman–Crippen MR) is 95.4 cm³/mol. The first-order valence-corrected chi connectivity index (χ1v) is 14.9. The van der Waals surface area contributed by atoms with E-state index < -0.39 is 16.5 Å². The first kappa shape index (κ1) is 16.8. The molecule has 1 heterocycles. The molecule has 1 saturated carbocycles. The van der Waals surface area contributed by atoms with Crippen molar-refractivity contribution >= 4 is 34.2 Å². The van der Waals surface area contributed by atoms with E-state index in [9.17, 15) is 4.79 Å². The largest absolute Gasteiger partial charge is 0.343 e. The highest BCUT2D eigenvalue weighted by molar-refractivity contribution is 7.96. The zero-order valence-corrected chi connectivity index (χ0v) is 16.7. The molecule has 0 aromatic heterocycles. The van der Waals surface area contributed by atoms with Crippen molar-refractivity contribution in [1.29, 1.82) is 0 Å². The van der Waals surface area contributed by atoms with Crippen molar-refractivity contribution in [3.05, 3.63) is 0 Å². The number of thiol groups is 1. The summed E-state index contributed by atoms with van der Waals surface area (Å²) in [5, 5.41) is 0.132. The molecule has 1 aliphatic heterocycles. The van der Waals surface area contributed by atoms with Crippen molar-refractivity contribution in [2.75, 3.05) is 0 Å². The molecule has 0 atom stereocenters. The Balaban J connectivity index is 2.12. The van der Waals surface area contributed by atoms with Gasteiger partial charge in [-0.2, -0.15) is 0 Å². The predicted octanol–water partition coefficient (Wildman–Crippen LogP) is 4.51. The van der Waals surface area contributed by atoms with Crippen molar-refractivity contribution < 1.29 is 4.79 Å². The number of hydrogen-bond acceptors (Lipinski definition) is 2. The maximum absolute atomic E-state index is 11.9. The van der Waals surface area contributed by atoms with Gasteiger partial charge in [0.25, 0.3) is 0 Å². The zero-order valence-electron chi connectivity index (χ0n) is 13.8. The van der Waals surface area contributed by atoms with Gasteiger partial charge >= 0.3 is 0 Å². The summed E-state index contributed by atoms with van der Waals surface area (Å²) in [5.74, 6) is 0. The molecule has 0 N–H and O–H groups in total. The molecular weight excluding hydrogens is 298 g/mol. The molecule has 116 valence electrons. The summed E-state index contributed by atoms with van der Waals surface area (Å²) in [4.78, 5) is 11.9. The molecular formula is C15H31NOSSi2. The van der Waals surface area contributed by atoms with Gasteiger partial charge < -0.3 is 4.23 Å². The second-order valence-corrected chi connectivity index (χ2v) is 18.2. The Labute approximate surface area is 132 Å². The zero-order chi connectivity index (χ0) is 15.2. The van der Waals surface area contributed by atoms with Crippen LogP contribution < -0.4 is 0 Å². The summed E-state index contributed by atoms with van der Waals surface area (Å²) in [5.41, 5.74) is -0.114. The first-order valence-electron chi connectivity index (χ1n) is 8.17. The van der Waals surface area contributed by atoms with Gasteiger partial charge in [-0.05, 0) is 50.2 Å². The summed E-state index contributed by atoms with van der Waals surface area (Å²) in [6.45, 7) is 12.4. The SMILES string of the molecule is CCC1(C(=O)S)CCC(N2[Si](C)(C)CC[Si]2(C)C)CC1. The third kappa shape index (κ3) is 2.83. The van der Waals surface area contributed by atoms with Crippen molar-refractivity contribution in [2.45, 2.75) is 83.3 Å². The second kappa shape index (κ2) is 5.56. The number of nitrogens with zero attached hydrogens (tertiary/aromatic N) is 1. The lowest BCUT2D eigenvalue weighted by molar-refractivity contribution is -0.121. The number of carbonyl (C=O) groups excluding carboxylic acids is 1. The minimum Gasteiger partial charge on any atom is -0.343 e. The van der Waals surface area contributed by atoms with E-state index in [2.05, 4.69) is 50.0 Å². The van der Waals surface area contributed by atoms with E-state index in [-0.39, 0.29) is 10.5 Å². The average molecular weight is 330 g/mol. The highest BCUT2D eigenvalue weighted by atomic mass is 32.1. The molecule has 0 spiro atoms. The fourth-order valence-corrected chi connectivity index (χ4v) is 20.3. The van der Waals surface area contributed by atoms with Gasteiger partial charge in [-0.3, -0.25) is 4.79 Å². The number of carbonyl (C=O) groups is 1. The van der Waals surface area contributed by atoms with Gasteiger partial charge in [0.15, 0.2) is 5.12 Å². The van der Waals surface area contributed by atoms with Crippen LogP contribution in [0, 0.1) is 5.41 Å². The van der Waals surface area contributed by atoms with Crippen LogP contribution in [0.2, 0.25) is 38.3 Å². The minimum absolute atomic E-state index is 0.114. The van der Waals surface area contributed by atoms with Gasteiger partial charge in [0.1, 0.15) is 16.5 Å². The van der Waals surface area contributed by atoms with Crippen molar-refractivity contribution in [1.82, 2.24) is 4.23 Å². The summed E-state index contributed by atoms with van der Waals surface area (Å²) >= 11 is 4.18. The molecule has 2 aliphatic rings. The number of hydrogen-bond donors (Lipinski definition) is 1. The van der Waals surface area contributed by atoms with E-state index in [1.54, 1.807) is 0 Å². The van der Waals surface area contributed by atoms with Gasteiger partial charge in [0.05, 0.1) is 0 Å². The third-order valence-corrected chi connectivity index (χ3v) is 17.0. The van der Waals surface area contributed by atoms with Crippen LogP contribution in [0.5, 0.6) is 0 Å². The lowest BCUT2D eigenvalue weighted by atomic mass is 9.72. The lowest BCUT2D eigenvalue weighted by Gasteiger charge is -2.49. The van der Waals surface area contributed by atoms with Crippen LogP contribution >= 0.6 is 12.6 Å². The van der Waals surface area contributed by atoms with Crippen LogP contribution in [0.4, 0.5) is 0 Å². The summed E-state index contributed by atoms with van der Waals surface area (Å²) < 4.78 is 3.03. The Kier molecular flexibility index (Phi) is 4.66. The van der Waals surface area contributed by atoms with Crippen LogP contribution in [0.25, 0.3) is 0 Å². The highest BCUT2D eigenvalue weighted by Gasteiger charge is 2.52. The molecule has 0 aromatic carbocycles. The van der Waals surface area contributed by atoms with Gasteiger partial charge in [-0.15, -0.1) is 12.6 Å². The Morgan fingerprint density at radius 3 is 1.95 bits per heavy atom. The molecule has 0 radical (unpaired) electrons. The molecule has 5 heteroatoms. The van der Waals surface area contributed by atoms with Crippen molar-refractivity contribution in [3.63, 3.8) is 0 Å². The average Bonchev–Trinajstić information content (AvgIpc) is 2.59. The van der Waals surface area contributed by atoms with Crippen LogP contribution in [-0.4, -0.2) is 31.9 Å². The standard InChI is InChI=1S/C15H31NOSSi2/c1-6-15(14(17)18)9-7-13(8-10-15)16-19(2,3)11-12-20(16,4)5/h13H,6-12H2,1-5H3,(H,17,18). The molecule has 0 unspecified atom stereocenters. The molecule has 20 heavy (non-hydrogen) atoms. The summed E-state index contributed by atoms with van der Waals surface area (Å²) in [7, 11) is -2.37. The lowest BCUT2D eigenvalue weighted by Crippen LogP contribution is -2.60. The molecule has 0 bridgehead atoms. The Morgan fingerprint density at radius 1 is 1.15 bits per heavy atom. The Bertz CT molecular complexity index is 373. The molecule has 0 aromatic rings. The van der Waals surface area contributed by atoms with Gasteiger partial charge in [0, 0.05) is 5.41 Å². The van der Waals surface area contributed by atoms with Gasteiger partial charge in [-0.1, -0.05) is 33.1 Å². The normalized spacial score (nSPS) is 37.0. The maximum Gasteiger partial charge on any atom is 0.192 e. The quantitative estimate of drug-likeness (QED) is 0.607. The van der Waals surface area contributed by atoms with E-state index >= 15 is 0 Å². The molecule has 1 aliphatic carbocycles. The summed E-state index contributed by atoms with van der Waals surface area (Å²) in [6.07, 6.45) is 5.51. The van der Waals surface area contributed by atoms with E-state index in [1.165, 1.54) is 24.9 Å². The van der Waals surface area contributed by atoms with E-state index in [0.717, 1.165) is 25.3 Å². The fraction of sp³-hybridized carbons (Fsp3) is 0.933. The van der Waals surface area contributed by atoms with Crippen LogP contribution in [-0.2, 0) is 4.79 Å². The van der Waals surface area contributed by atoms with Crippen LogP contribution in [0.1, 0.15) is 39.0 Å². The summed E-state index contributed by atoms with van der Waals surface area (Å²) in [6, 6.07) is 3.72. The fourth-order valence-electron chi connectivity index (χ4n) is 4.79. The van der Waals surface area contributed by atoms with Gasteiger partial charge in [0.2, 0.25) is 0 Å². The van der Waals surface area contributed by atoms with E-state index in [4.69, 9.17) is 0 Å². The maximum atomic E-state index is 11.9. The molecule has 1 saturated heterocycles. The van der Waals surface area contributed by atoms with E-state index in [1.807, 2.05) is 0 Å². The topological polar surface area (TPSA) is 20.3 Å². The minimum atomic E-state index is -1.19. The smallest absolute Gasteiger partial charge is 0.192 e. The van der Waals surface area contributed by atoms with Crippen molar-refractivity contribution in [2.24, 2.45) is 5.41 Å². The Morgan fingerprint density at radius 2 is 1.60 bits per heavy atom. The third-order valence-electron chi connectivity index (χ3n) is 6.06. The first-order chi connectivity index (χ1) is 9.15. The monoisotopic (exact) mass is 329 g/mol. The highest BCUT2D eigenvalue weighted by Crippen LogP contribution is 2.47. The molecule has 0 amide bonds. The van der Waals surface area contributed by atoms with Crippen LogP contribution in [0.3, 0.4) is 0 Å². The van der Waals surface area contributed by atoms with Gasteiger partial charge in [-0.25, -0.2) is 0 Å². The second-order valence-electron chi connectivity index (χ2n) is 8.17. The van der Waals surface area contributed by atoms with E-state index in [0.29, 0.717) is 0 Å². The Hall–Kier alpha value is 0.414. The molecule has 2 nitrogen and oxygen atoms in total. The van der Waals surface area contributed by atoms with Crippen LogP contribution in [0.15, 0.2) is 0 Å².